The second kappa shape index (κ2) is 4.71. The van der Waals surface area contributed by atoms with Crippen LogP contribution in [0.1, 0.15) is 39.5 Å². The molecule has 1 fully saturated rings. The average Bonchev–Trinajstić information content (AvgIpc) is 2.21. The molecule has 1 heterocycles. The molecule has 0 saturated carbocycles. The minimum Gasteiger partial charge on any atom is -0.392 e. The van der Waals surface area contributed by atoms with Crippen molar-refractivity contribution in [2.75, 3.05) is 0 Å². The van der Waals surface area contributed by atoms with Crippen molar-refractivity contribution in [2.45, 2.75) is 57.0 Å². The molecule has 0 spiro atoms. The molecule has 1 N–H and O–H groups in total. The summed E-state index contributed by atoms with van der Waals surface area (Å²) in [6.07, 6.45) is 3.76. The number of hydrogen-bond acceptors (Lipinski definition) is 4. The largest absolute Gasteiger partial charge is 0.392 e. The Hall–Kier alpha value is -0.390. The first-order valence-electron chi connectivity index (χ1n) is 6.24. The molecule has 98 valence electrons. The van der Waals surface area contributed by atoms with Crippen molar-refractivity contribution in [1.82, 2.24) is 0 Å². The quantitative estimate of drug-likeness (QED) is 0.605. The van der Waals surface area contributed by atoms with E-state index in [0.717, 1.165) is 18.4 Å². The molecule has 2 rings (SSSR count). The third-order valence-electron chi connectivity index (χ3n) is 3.65. The van der Waals surface area contributed by atoms with E-state index in [4.69, 9.17) is 4.18 Å². The molecule has 0 amide bonds. The molecule has 4 nitrogen and oxygen atoms in total. The Labute approximate surface area is 103 Å². The first kappa shape index (κ1) is 13.1. The van der Waals surface area contributed by atoms with Crippen LogP contribution in [0.4, 0.5) is 0 Å². The van der Waals surface area contributed by atoms with E-state index in [1.807, 2.05) is 19.9 Å². The summed E-state index contributed by atoms with van der Waals surface area (Å²) in [7, 11) is -3.54. The van der Waals surface area contributed by atoms with Gasteiger partial charge in [-0.05, 0) is 19.3 Å². The number of aliphatic hydroxyl groups is 1. The first-order valence-corrected chi connectivity index (χ1v) is 7.72. The van der Waals surface area contributed by atoms with Crippen molar-refractivity contribution in [3.05, 3.63) is 11.6 Å². The SMILES string of the molecule is CCC[C@H]1CC2=C[C@H](C)[C@H](O)C[C@H]2S(=O)(=O)O1. The second-order valence-electron chi connectivity index (χ2n) is 5.10. The van der Waals surface area contributed by atoms with Crippen LogP contribution in [0.3, 0.4) is 0 Å². The highest BCUT2D eigenvalue weighted by Gasteiger charge is 2.42. The van der Waals surface area contributed by atoms with Crippen LogP contribution in [0.2, 0.25) is 0 Å². The standard InChI is InChI=1S/C12H20O4S/c1-3-4-10-6-9-5-8(2)11(13)7-12(9)17(14,15)16-10/h5,8,10-13H,3-4,6-7H2,1-2H3/t8-,10-,11+,12+/m0/s1. The number of rotatable bonds is 2. The summed E-state index contributed by atoms with van der Waals surface area (Å²) in [6, 6.07) is 0. The van der Waals surface area contributed by atoms with E-state index in [9.17, 15) is 13.5 Å². The van der Waals surface area contributed by atoms with Crippen molar-refractivity contribution in [3.63, 3.8) is 0 Å². The maximum Gasteiger partial charge on any atom is 0.274 e. The van der Waals surface area contributed by atoms with E-state index in [1.54, 1.807) is 0 Å². The van der Waals surface area contributed by atoms with Gasteiger partial charge in [0.25, 0.3) is 10.1 Å². The van der Waals surface area contributed by atoms with Crippen LogP contribution in [0.25, 0.3) is 0 Å². The summed E-state index contributed by atoms with van der Waals surface area (Å²) < 4.78 is 29.1. The lowest BCUT2D eigenvalue weighted by Crippen LogP contribution is -2.42. The maximum absolute atomic E-state index is 12.0. The highest BCUT2D eigenvalue weighted by Crippen LogP contribution is 2.37. The molecule has 0 unspecified atom stereocenters. The molecule has 0 aromatic rings. The van der Waals surface area contributed by atoms with Gasteiger partial charge in [0.2, 0.25) is 0 Å². The van der Waals surface area contributed by atoms with Crippen LogP contribution < -0.4 is 0 Å². The zero-order valence-corrected chi connectivity index (χ0v) is 11.1. The zero-order valence-electron chi connectivity index (χ0n) is 10.3. The van der Waals surface area contributed by atoms with Gasteiger partial charge in [-0.1, -0.05) is 31.9 Å². The van der Waals surface area contributed by atoms with Crippen LogP contribution in [-0.4, -0.2) is 31.0 Å². The van der Waals surface area contributed by atoms with Crippen LogP contribution >= 0.6 is 0 Å². The molecular formula is C12H20O4S. The summed E-state index contributed by atoms with van der Waals surface area (Å²) in [5, 5.41) is 9.13. The Morgan fingerprint density at radius 2 is 2.24 bits per heavy atom. The average molecular weight is 260 g/mol. The molecule has 2 aliphatic rings. The lowest BCUT2D eigenvalue weighted by Gasteiger charge is -2.36. The van der Waals surface area contributed by atoms with E-state index in [2.05, 4.69) is 0 Å². The van der Waals surface area contributed by atoms with Gasteiger partial charge >= 0.3 is 0 Å². The van der Waals surface area contributed by atoms with Crippen molar-refractivity contribution in [2.24, 2.45) is 5.92 Å². The van der Waals surface area contributed by atoms with E-state index >= 15 is 0 Å². The summed E-state index contributed by atoms with van der Waals surface area (Å²) in [4.78, 5) is 0. The van der Waals surface area contributed by atoms with Gasteiger partial charge in [-0.15, -0.1) is 0 Å². The molecule has 4 atom stereocenters. The number of aliphatic hydroxyl groups excluding tert-OH is 1. The molecule has 17 heavy (non-hydrogen) atoms. The lowest BCUT2D eigenvalue weighted by molar-refractivity contribution is 0.109. The minimum absolute atomic E-state index is 0.0387. The maximum atomic E-state index is 12.0. The van der Waals surface area contributed by atoms with E-state index < -0.39 is 21.5 Å². The molecule has 1 saturated heterocycles. The summed E-state index contributed by atoms with van der Waals surface area (Å²) >= 11 is 0. The topological polar surface area (TPSA) is 63.6 Å². The summed E-state index contributed by atoms with van der Waals surface area (Å²) in [5.74, 6) is 0.0387. The second-order valence-corrected chi connectivity index (χ2v) is 6.84. The fourth-order valence-corrected chi connectivity index (χ4v) is 4.33. The van der Waals surface area contributed by atoms with Crippen molar-refractivity contribution >= 4 is 10.1 Å². The molecule has 5 heteroatoms. The number of fused-ring (bicyclic) bond motifs is 1. The van der Waals surface area contributed by atoms with Crippen LogP contribution in [0, 0.1) is 5.92 Å². The molecule has 1 aliphatic heterocycles. The highest BCUT2D eigenvalue weighted by atomic mass is 32.2. The van der Waals surface area contributed by atoms with Crippen molar-refractivity contribution in [3.8, 4) is 0 Å². The van der Waals surface area contributed by atoms with Gasteiger partial charge in [-0.25, -0.2) is 0 Å². The smallest absolute Gasteiger partial charge is 0.274 e. The Balaban J connectivity index is 2.27. The Kier molecular flexibility index (Phi) is 3.61. The third kappa shape index (κ3) is 2.56. The lowest BCUT2D eigenvalue weighted by atomic mass is 9.86. The van der Waals surface area contributed by atoms with Gasteiger partial charge in [0.15, 0.2) is 0 Å². The van der Waals surface area contributed by atoms with E-state index in [1.165, 1.54) is 0 Å². The molecule has 0 aromatic heterocycles. The monoisotopic (exact) mass is 260 g/mol. The van der Waals surface area contributed by atoms with Crippen LogP contribution in [0.5, 0.6) is 0 Å². The van der Waals surface area contributed by atoms with Crippen molar-refractivity contribution in [1.29, 1.82) is 0 Å². The van der Waals surface area contributed by atoms with Crippen LogP contribution in [-0.2, 0) is 14.3 Å². The van der Waals surface area contributed by atoms with Crippen LogP contribution in [0.15, 0.2) is 11.6 Å². The van der Waals surface area contributed by atoms with Gasteiger partial charge in [-0.2, -0.15) is 8.42 Å². The molecule has 0 bridgehead atoms. The Morgan fingerprint density at radius 3 is 2.88 bits per heavy atom. The predicted molar refractivity (Wildman–Crippen MR) is 65.0 cm³/mol. The fourth-order valence-electron chi connectivity index (χ4n) is 2.67. The highest BCUT2D eigenvalue weighted by molar-refractivity contribution is 7.87. The van der Waals surface area contributed by atoms with E-state index in [-0.39, 0.29) is 18.4 Å². The third-order valence-corrected chi connectivity index (χ3v) is 5.38. The van der Waals surface area contributed by atoms with Gasteiger partial charge in [0, 0.05) is 5.92 Å². The summed E-state index contributed by atoms with van der Waals surface area (Å²) in [5.41, 5.74) is 0.938. The zero-order chi connectivity index (χ0) is 12.6. The number of hydrogen-bond donors (Lipinski definition) is 1. The first-order chi connectivity index (χ1) is 7.94. The van der Waals surface area contributed by atoms with Crippen molar-refractivity contribution < 1.29 is 17.7 Å². The van der Waals surface area contributed by atoms with Gasteiger partial charge < -0.3 is 5.11 Å². The fraction of sp³-hybridized carbons (Fsp3) is 0.833. The minimum atomic E-state index is -3.54. The Bertz CT molecular complexity index is 412. The van der Waals surface area contributed by atoms with Gasteiger partial charge in [-0.3, -0.25) is 4.18 Å². The van der Waals surface area contributed by atoms with Gasteiger partial charge in [0.05, 0.1) is 12.2 Å². The van der Waals surface area contributed by atoms with E-state index in [0.29, 0.717) is 6.42 Å². The summed E-state index contributed by atoms with van der Waals surface area (Å²) in [6.45, 7) is 3.94. The van der Waals surface area contributed by atoms with Gasteiger partial charge in [0.1, 0.15) is 5.25 Å². The molecule has 1 aliphatic carbocycles. The Morgan fingerprint density at radius 1 is 1.53 bits per heavy atom. The predicted octanol–water partition coefficient (Wildman–Crippen LogP) is 1.60. The normalized spacial score (nSPS) is 40.5. The molecule has 0 radical (unpaired) electrons. The molecular weight excluding hydrogens is 240 g/mol. The molecule has 0 aromatic carbocycles.